The van der Waals surface area contributed by atoms with Gasteiger partial charge in [-0.25, -0.2) is 4.98 Å². The summed E-state index contributed by atoms with van der Waals surface area (Å²) in [6.07, 6.45) is 3.86. The van der Waals surface area contributed by atoms with Gasteiger partial charge in [0, 0.05) is 27.6 Å². The fraction of sp³-hybridized carbons (Fsp3) is 0. The van der Waals surface area contributed by atoms with Crippen molar-refractivity contribution in [3.63, 3.8) is 0 Å². The van der Waals surface area contributed by atoms with Crippen LogP contribution in [0.2, 0.25) is 0 Å². The van der Waals surface area contributed by atoms with Crippen LogP contribution in [0.5, 0.6) is 0 Å². The molecule has 0 bridgehead atoms. The molecular weight excluding hydrogens is 288 g/mol. The second-order valence-corrected chi connectivity index (χ2v) is 5.16. The standard InChI is InChI=1S/C15H9BrN2/c16-13-7-3-6-11-10-4-1-2-5-12(10)15-17-8-9-18(15)14(11)13/h1-9H. The number of hydrogen-bond acceptors (Lipinski definition) is 1. The van der Waals surface area contributed by atoms with Crippen LogP contribution in [-0.2, 0) is 0 Å². The summed E-state index contributed by atoms with van der Waals surface area (Å²) in [5.74, 6) is 0. The van der Waals surface area contributed by atoms with E-state index in [0.29, 0.717) is 0 Å². The number of rotatable bonds is 0. The molecule has 0 N–H and O–H groups in total. The van der Waals surface area contributed by atoms with E-state index >= 15 is 0 Å². The minimum absolute atomic E-state index is 1.00. The number of halogens is 1. The van der Waals surface area contributed by atoms with E-state index in [9.17, 15) is 0 Å². The van der Waals surface area contributed by atoms with Gasteiger partial charge < -0.3 is 0 Å². The van der Waals surface area contributed by atoms with Crippen LogP contribution in [0.15, 0.2) is 59.3 Å². The first-order valence-corrected chi connectivity index (χ1v) is 6.57. The van der Waals surface area contributed by atoms with Crippen LogP contribution >= 0.6 is 15.9 Å². The highest BCUT2D eigenvalue weighted by Gasteiger charge is 2.10. The Morgan fingerprint density at radius 2 is 1.67 bits per heavy atom. The third kappa shape index (κ3) is 1.20. The molecule has 0 aliphatic carbocycles. The maximum Gasteiger partial charge on any atom is 0.145 e. The summed E-state index contributed by atoms with van der Waals surface area (Å²) >= 11 is 3.64. The van der Waals surface area contributed by atoms with Crippen LogP contribution < -0.4 is 0 Å². The Balaban J connectivity index is 2.49. The number of fused-ring (bicyclic) bond motifs is 6. The monoisotopic (exact) mass is 296 g/mol. The molecule has 0 atom stereocenters. The maximum absolute atomic E-state index is 4.48. The molecule has 3 heteroatoms. The molecule has 0 aliphatic heterocycles. The van der Waals surface area contributed by atoms with Gasteiger partial charge in [-0.1, -0.05) is 36.4 Å². The lowest BCUT2D eigenvalue weighted by Gasteiger charge is -2.09. The largest absolute Gasteiger partial charge is 0.298 e. The first-order valence-electron chi connectivity index (χ1n) is 5.78. The number of pyridine rings is 1. The normalized spacial score (nSPS) is 11.6. The van der Waals surface area contributed by atoms with Crippen LogP contribution in [0, 0.1) is 0 Å². The van der Waals surface area contributed by atoms with Crippen molar-refractivity contribution < 1.29 is 0 Å². The Kier molecular flexibility index (Phi) is 2.00. The van der Waals surface area contributed by atoms with Gasteiger partial charge in [-0.15, -0.1) is 0 Å². The van der Waals surface area contributed by atoms with Crippen LogP contribution in [-0.4, -0.2) is 9.38 Å². The molecular formula is C15H9BrN2. The van der Waals surface area contributed by atoms with E-state index in [1.807, 2.05) is 12.4 Å². The Labute approximate surface area is 112 Å². The summed E-state index contributed by atoms with van der Waals surface area (Å²) in [6, 6.07) is 14.7. The highest BCUT2D eigenvalue weighted by molar-refractivity contribution is 9.10. The van der Waals surface area contributed by atoms with E-state index in [1.165, 1.54) is 21.7 Å². The molecule has 0 aliphatic rings. The topological polar surface area (TPSA) is 17.3 Å². The lowest BCUT2D eigenvalue weighted by molar-refractivity contribution is 1.26. The quantitative estimate of drug-likeness (QED) is 0.440. The van der Waals surface area contributed by atoms with Crippen molar-refractivity contribution in [3.8, 4) is 0 Å². The van der Waals surface area contributed by atoms with Crippen LogP contribution in [0.1, 0.15) is 0 Å². The molecule has 0 fully saturated rings. The zero-order chi connectivity index (χ0) is 12.1. The van der Waals surface area contributed by atoms with Crippen LogP contribution in [0.4, 0.5) is 0 Å². The lowest BCUT2D eigenvalue weighted by atomic mass is 10.1. The van der Waals surface area contributed by atoms with Gasteiger partial charge in [0.2, 0.25) is 0 Å². The Morgan fingerprint density at radius 1 is 0.889 bits per heavy atom. The van der Waals surface area contributed by atoms with Gasteiger partial charge in [-0.2, -0.15) is 0 Å². The van der Waals surface area contributed by atoms with E-state index in [-0.39, 0.29) is 0 Å². The number of imidazole rings is 1. The fourth-order valence-electron chi connectivity index (χ4n) is 2.57. The number of para-hydroxylation sites is 1. The molecule has 2 nitrogen and oxygen atoms in total. The van der Waals surface area contributed by atoms with Gasteiger partial charge in [-0.05, 0) is 27.4 Å². The second kappa shape index (κ2) is 3.56. The molecule has 0 saturated carbocycles. The molecule has 2 heterocycles. The van der Waals surface area contributed by atoms with E-state index in [2.05, 4.69) is 67.8 Å². The molecule has 0 amide bonds. The van der Waals surface area contributed by atoms with E-state index in [0.717, 1.165) is 10.1 Å². The first-order chi connectivity index (χ1) is 8.86. The van der Waals surface area contributed by atoms with Gasteiger partial charge >= 0.3 is 0 Å². The molecule has 4 rings (SSSR count). The molecule has 2 aromatic carbocycles. The number of hydrogen-bond donors (Lipinski definition) is 0. The maximum atomic E-state index is 4.48. The molecule has 0 unspecified atom stereocenters. The van der Waals surface area contributed by atoms with Crippen molar-refractivity contribution in [1.29, 1.82) is 0 Å². The zero-order valence-electron chi connectivity index (χ0n) is 9.47. The van der Waals surface area contributed by atoms with E-state index in [1.54, 1.807) is 0 Å². The Hall–Kier alpha value is -1.87. The van der Waals surface area contributed by atoms with E-state index < -0.39 is 0 Å². The van der Waals surface area contributed by atoms with Gasteiger partial charge in [-0.3, -0.25) is 4.40 Å². The number of nitrogens with zero attached hydrogens (tertiary/aromatic N) is 2. The Morgan fingerprint density at radius 3 is 2.56 bits per heavy atom. The summed E-state index contributed by atoms with van der Waals surface area (Å²) in [6.45, 7) is 0. The van der Waals surface area contributed by atoms with Gasteiger partial charge in [0.1, 0.15) is 5.65 Å². The van der Waals surface area contributed by atoms with Gasteiger partial charge in [0.15, 0.2) is 0 Å². The van der Waals surface area contributed by atoms with Crippen LogP contribution in [0.25, 0.3) is 27.3 Å². The van der Waals surface area contributed by atoms with Crippen molar-refractivity contribution in [2.75, 3.05) is 0 Å². The minimum Gasteiger partial charge on any atom is -0.298 e. The SMILES string of the molecule is Brc1cccc2c3ccccc3c3nccn3c12. The molecule has 0 spiro atoms. The molecule has 86 valence electrons. The molecule has 0 saturated heterocycles. The highest BCUT2D eigenvalue weighted by Crippen LogP contribution is 2.32. The van der Waals surface area contributed by atoms with Gasteiger partial charge in [0.25, 0.3) is 0 Å². The van der Waals surface area contributed by atoms with Gasteiger partial charge in [0.05, 0.1) is 5.52 Å². The smallest absolute Gasteiger partial charge is 0.145 e. The third-order valence-corrected chi connectivity index (χ3v) is 3.97. The summed E-state index contributed by atoms with van der Waals surface area (Å²) in [4.78, 5) is 4.48. The minimum atomic E-state index is 1.00. The molecule has 18 heavy (non-hydrogen) atoms. The van der Waals surface area contributed by atoms with Crippen molar-refractivity contribution in [2.24, 2.45) is 0 Å². The Bertz CT molecular complexity index is 893. The third-order valence-electron chi connectivity index (χ3n) is 3.33. The highest BCUT2D eigenvalue weighted by atomic mass is 79.9. The average molecular weight is 297 g/mol. The van der Waals surface area contributed by atoms with Crippen molar-refractivity contribution in [3.05, 3.63) is 59.3 Å². The second-order valence-electron chi connectivity index (χ2n) is 4.30. The van der Waals surface area contributed by atoms with Crippen molar-refractivity contribution in [2.45, 2.75) is 0 Å². The van der Waals surface area contributed by atoms with Crippen molar-refractivity contribution >= 4 is 43.3 Å². The zero-order valence-corrected chi connectivity index (χ0v) is 11.1. The number of benzene rings is 2. The van der Waals surface area contributed by atoms with E-state index in [4.69, 9.17) is 0 Å². The fourth-order valence-corrected chi connectivity index (χ4v) is 3.13. The van der Waals surface area contributed by atoms with Crippen molar-refractivity contribution in [1.82, 2.24) is 9.38 Å². The molecule has 2 aromatic heterocycles. The summed E-state index contributed by atoms with van der Waals surface area (Å²) in [5.41, 5.74) is 2.17. The summed E-state index contributed by atoms with van der Waals surface area (Å²) in [7, 11) is 0. The molecule has 4 aromatic rings. The lowest BCUT2D eigenvalue weighted by Crippen LogP contribution is -1.91. The average Bonchev–Trinajstić information content (AvgIpc) is 2.88. The summed E-state index contributed by atoms with van der Waals surface area (Å²) < 4.78 is 3.23. The van der Waals surface area contributed by atoms with Crippen LogP contribution in [0.3, 0.4) is 0 Å². The predicted octanol–water partition coefficient (Wildman–Crippen LogP) is 4.40. The predicted molar refractivity (Wildman–Crippen MR) is 77.9 cm³/mol. The molecule has 0 radical (unpaired) electrons. The number of aromatic nitrogens is 2. The summed E-state index contributed by atoms with van der Waals surface area (Å²) in [5, 5.41) is 3.67. The first kappa shape index (κ1) is 10.1.